The van der Waals surface area contributed by atoms with Crippen LogP contribution < -0.4 is 0 Å². The van der Waals surface area contributed by atoms with Crippen molar-refractivity contribution in [3.8, 4) is 6.07 Å². The number of carbonyl (C=O) groups is 2. The molecule has 0 radical (unpaired) electrons. The van der Waals surface area contributed by atoms with E-state index in [1.807, 2.05) is 26.0 Å². The zero-order valence-electron chi connectivity index (χ0n) is 27.0. The van der Waals surface area contributed by atoms with Crippen molar-refractivity contribution in [1.29, 1.82) is 5.26 Å². The molecule has 0 aromatic heterocycles. The normalized spacial score (nSPS) is 51.2. The van der Waals surface area contributed by atoms with Crippen molar-refractivity contribution in [3.05, 3.63) is 23.3 Å². The largest absolute Gasteiger partial charge is 0.388 e. The minimum Gasteiger partial charge on any atom is -0.388 e. The van der Waals surface area contributed by atoms with Gasteiger partial charge in [-0.2, -0.15) is 5.26 Å². The van der Waals surface area contributed by atoms with Crippen LogP contribution in [-0.2, 0) is 23.8 Å². The molecule has 1 N–H and O–H groups in total. The number of Topliss-reactive ketones (excluding diaryl/α,β-unsaturated/α-hetero) is 1. The lowest BCUT2D eigenvalue weighted by atomic mass is 9.35. The number of allylic oxidation sites excluding steroid dienone is 4. The second-order valence-electron chi connectivity index (χ2n) is 17.1. The van der Waals surface area contributed by atoms with Crippen LogP contribution in [0.5, 0.6) is 0 Å². The maximum Gasteiger partial charge on any atom is 0.178 e. The smallest absolute Gasteiger partial charge is 0.178 e. The van der Waals surface area contributed by atoms with Crippen LogP contribution in [0.1, 0.15) is 93.4 Å². The molecule has 2 heterocycles. The highest BCUT2D eigenvalue weighted by Gasteiger charge is 2.70. The van der Waals surface area contributed by atoms with E-state index in [0.29, 0.717) is 6.61 Å². The van der Waals surface area contributed by atoms with E-state index in [4.69, 9.17) is 14.2 Å². The van der Waals surface area contributed by atoms with Crippen molar-refractivity contribution >= 4 is 11.6 Å². The molecule has 0 spiro atoms. The molecule has 43 heavy (non-hydrogen) atoms. The van der Waals surface area contributed by atoms with Crippen LogP contribution in [0.15, 0.2) is 23.3 Å². The van der Waals surface area contributed by atoms with Crippen molar-refractivity contribution in [2.24, 2.45) is 44.8 Å². The van der Waals surface area contributed by atoms with E-state index in [9.17, 15) is 20.0 Å². The fourth-order valence-electron chi connectivity index (χ4n) is 11.6. The number of carbonyl (C=O) groups excluding carboxylic acids is 2. The highest BCUT2D eigenvalue weighted by atomic mass is 16.6. The van der Waals surface area contributed by atoms with Gasteiger partial charge in [-0.25, -0.2) is 0 Å². The summed E-state index contributed by atoms with van der Waals surface area (Å²) in [6.45, 7) is 16.2. The maximum absolute atomic E-state index is 14.7. The van der Waals surface area contributed by atoms with Gasteiger partial charge in [0.15, 0.2) is 11.6 Å². The summed E-state index contributed by atoms with van der Waals surface area (Å²) in [5.74, 6) is 0.0209. The molecule has 234 valence electrons. The highest BCUT2D eigenvalue weighted by molar-refractivity contribution is 6.04. The third-order valence-corrected chi connectivity index (χ3v) is 14.1. The number of aliphatic hydroxyl groups is 1. The molecular formula is C36H49NO6. The Morgan fingerprint density at radius 1 is 0.953 bits per heavy atom. The monoisotopic (exact) mass is 591 g/mol. The molecule has 7 rings (SSSR count). The van der Waals surface area contributed by atoms with Gasteiger partial charge in [-0.3, -0.25) is 9.59 Å². The molecule has 11 atom stereocenters. The number of nitrogens with zero attached hydrogens (tertiary/aromatic N) is 1. The van der Waals surface area contributed by atoms with Gasteiger partial charge in [0.25, 0.3) is 0 Å². The number of hydrogen-bond acceptors (Lipinski definition) is 7. The minimum absolute atomic E-state index is 0.0357. The lowest BCUT2D eigenvalue weighted by Gasteiger charge is -2.69. The number of ketones is 2. The Labute approximate surface area is 256 Å². The van der Waals surface area contributed by atoms with Crippen LogP contribution in [0.2, 0.25) is 0 Å². The summed E-state index contributed by atoms with van der Waals surface area (Å²) in [5.41, 5.74) is -0.730. The third-order valence-electron chi connectivity index (χ3n) is 14.1. The number of ether oxygens (including phenoxy) is 3. The van der Waals surface area contributed by atoms with Gasteiger partial charge in [-0.15, -0.1) is 0 Å². The van der Waals surface area contributed by atoms with Crippen molar-refractivity contribution in [3.63, 3.8) is 0 Å². The summed E-state index contributed by atoms with van der Waals surface area (Å²) in [7, 11) is 0. The van der Waals surface area contributed by atoms with Gasteiger partial charge < -0.3 is 19.3 Å². The molecule has 7 nitrogen and oxygen atoms in total. The second kappa shape index (κ2) is 9.12. The topological polar surface area (TPSA) is 106 Å². The van der Waals surface area contributed by atoms with Gasteiger partial charge in [0, 0.05) is 16.7 Å². The van der Waals surface area contributed by atoms with Crippen molar-refractivity contribution < 1.29 is 28.9 Å². The van der Waals surface area contributed by atoms with Crippen LogP contribution in [0.4, 0.5) is 0 Å². The average Bonchev–Trinajstić information content (AvgIpc) is 3.51. The van der Waals surface area contributed by atoms with Crippen LogP contribution in [0.3, 0.4) is 0 Å². The predicted molar refractivity (Wildman–Crippen MR) is 160 cm³/mol. The first kappa shape index (κ1) is 29.8. The van der Waals surface area contributed by atoms with Gasteiger partial charge in [-0.05, 0) is 79.1 Å². The standard InChI is InChI=1S/C36H49NO6/c1-31(2)10-12-36(43-24-19-42-28-23(39)18-41-29(24)28)13-11-35(7)27(21(36)16-31)22(38)14-26-33(5)15-20(17-37)30(40)32(3,4)25(33)8-9-34(26,35)6/h14-15,21,23-25,27-29,39H,8-13,16,18-19H2,1-7H3/t21-,23+,24+,25-,27-,28+,29+,33-,34+,35+,36-/m0/s1. The SMILES string of the molecule is CC1(C)CC[C@]2(O[C@@H]3CO[C@H]4[C@@H]3OC[C@H]4O)CC[C@]3(C)[C@H](C(=O)C=C4[C@@]5(C)C=C(C#N)C(=O)C(C)(C)[C@@H]5CC[C@]43C)[C@@H]2C1. The van der Waals surface area contributed by atoms with Gasteiger partial charge in [-0.1, -0.05) is 60.1 Å². The Kier molecular flexibility index (Phi) is 6.33. The first-order chi connectivity index (χ1) is 20.0. The zero-order valence-corrected chi connectivity index (χ0v) is 27.0. The number of nitriles is 1. The Balaban J connectivity index is 1.31. The van der Waals surface area contributed by atoms with Crippen molar-refractivity contribution in [2.75, 3.05) is 13.2 Å². The van der Waals surface area contributed by atoms with Gasteiger partial charge in [0.1, 0.15) is 30.5 Å². The Morgan fingerprint density at radius 3 is 2.37 bits per heavy atom. The molecule has 7 heteroatoms. The Morgan fingerprint density at radius 2 is 1.65 bits per heavy atom. The van der Waals surface area contributed by atoms with Crippen LogP contribution >= 0.6 is 0 Å². The highest BCUT2D eigenvalue weighted by Crippen LogP contribution is 2.73. The molecule has 0 aromatic carbocycles. The number of hydrogen-bond donors (Lipinski definition) is 1. The van der Waals surface area contributed by atoms with E-state index < -0.39 is 22.5 Å². The third kappa shape index (κ3) is 3.79. The molecule has 0 unspecified atom stereocenters. The summed E-state index contributed by atoms with van der Waals surface area (Å²) >= 11 is 0. The Hall–Kier alpha value is -1.85. The number of rotatable bonds is 2. The number of fused-ring (bicyclic) bond motifs is 8. The summed E-state index contributed by atoms with van der Waals surface area (Å²) in [6, 6.07) is 2.20. The fraction of sp³-hybridized carbons (Fsp3) is 0.806. The molecule has 0 aromatic rings. The van der Waals surface area contributed by atoms with Gasteiger partial charge in [0.2, 0.25) is 0 Å². The van der Waals surface area contributed by atoms with E-state index in [1.54, 1.807) is 0 Å². The summed E-state index contributed by atoms with van der Waals surface area (Å²) in [5, 5.41) is 20.3. The molecule has 2 saturated heterocycles. The van der Waals surface area contributed by atoms with Gasteiger partial charge in [0.05, 0.1) is 24.4 Å². The van der Waals surface area contributed by atoms with Crippen LogP contribution in [0.25, 0.3) is 0 Å². The van der Waals surface area contributed by atoms with Crippen LogP contribution in [0, 0.1) is 56.2 Å². The average molecular weight is 592 g/mol. The molecule has 2 aliphatic heterocycles. The second-order valence-corrected chi connectivity index (χ2v) is 17.1. The number of aliphatic hydroxyl groups excluding tert-OH is 1. The van der Waals surface area contributed by atoms with Crippen molar-refractivity contribution in [2.45, 2.75) is 123 Å². The summed E-state index contributed by atoms with van der Waals surface area (Å²) in [4.78, 5) is 28.1. The van der Waals surface area contributed by atoms with E-state index in [1.165, 1.54) is 0 Å². The molecule has 5 aliphatic carbocycles. The first-order valence-corrected chi connectivity index (χ1v) is 16.6. The van der Waals surface area contributed by atoms with Gasteiger partial charge >= 0.3 is 0 Å². The quantitative estimate of drug-likeness (QED) is 0.452. The molecule has 7 aliphatic rings. The maximum atomic E-state index is 14.7. The molecule has 5 fully saturated rings. The molecule has 0 bridgehead atoms. The summed E-state index contributed by atoms with van der Waals surface area (Å²) in [6.07, 6.45) is 8.79. The predicted octanol–water partition coefficient (Wildman–Crippen LogP) is 5.50. The van der Waals surface area contributed by atoms with Crippen molar-refractivity contribution in [1.82, 2.24) is 0 Å². The van der Waals surface area contributed by atoms with E-state index in [-0.39, 0.29) is 76.1 Å². The lowest BCUT2D eigenvalue weighted by molar-refractivity contribution is -0.237. The first-order valence-electron chi connectivity index (χ1n) is 16.6. The minimum atomic E-state index is -0.669. The Bertz CT molecular complexity index is 1370. The van der Waals surface area contributed by atoms with E-state index >= 15 is 0 Å². The summed E-state index contributed by atoms with van der Waals surface area (Å²) < 4.78 is 19.1. The molecule has 3 saturated carbocycles. The van der Waals surface area contributed by atoms with Crippen LogP contribution in [-0.4, -0.2) is 59.9 Å². The fourth-order valence-corrected chi connectivity index (χ4v) is 11.6. The van der Waals surface area contributed by atoms with E-state index in [0.717, 1.165) is 50.5 Å². The molecular weight excluding hydrogens is 542 g/mol. The molecule has 0 amide bonds. The zero-order chi connectivity index (χ0) is 31.0. The lowest BCUT2D eigenvalue weighted by Crippen LogP contribution is -2.67. The van der Waals surface area contributed by atoms with E-state index in [2.05, 4.69) is 40.7 Å².